The number of thioether (sulfide) groups is 1. The number of nitrogen functional groups attached to an aromatic ring is 1. The average molecular weight is 293 g/mol. The molecule has 0 aromatic heterocycles. The Hall–Kier alpha value is -1.36. The van der Waals surface area contributed by atoms with Gasteiger partial charge in [-0.3, -0.25) is 4.79 Å². The van der Waals surface area contributed by atoms with Crippen LogP contribution in [0.15, 0.2) is 18.2 Å². The van der Waals surface area contributed by atoms with Crippen LogP contribution in [-0.4, -0.2) is 23.5 Å². The maximum Gasteiger partial charge on any atom is 0.250 e. The summed E-state index contributed by atoms with van der Waals surface area (Å²) in [4.78, 5) is 11.5. The molecule has 0 unspecified atom stereocenters. The molecule has 0 atom stereocenters. The topological polar surface area (TPSA) is 81.1 Å². The van der Waals surface area contributed by atoms with Gasteiger partial charge in [0.2, 0.25) is 0 Å². The van der Waals surface area contributed by atoms with E-state index in [4.69, 9.17) is 11.5 Å². The van der Waals surface area contributed by atoms with Crippen molar-refractivity contribution in [1.82, 2.24) is 0 Å². The van der Waals surface area contributed by atoms with Gasteiger partial charge in [0, 0.05) is 22.7 Å². The predicted octanol–water partition coefficient (Wildman–Crippen LogP) is 2.85. The van der Waals surface area contributed by atoms with Crippen molar-refractivity contribution in [2.45, 2.75) is 36.9 Å². The van der Waals surface area contributed by atoms with E-state index in [0.29, 0.717) is 11.3 Å². The Morgan fingerprint density at radius 2 is 2.05 bits per heavy atom. The molecule has 0 saturated heterocycles. The summed E-state index contributed by atoms with van der Waals surface area (Å²) in [7, 11) is 0. The number of rotatable bonds is 5. The molecule has 0 heterocycles. The molecule has 4 nitrogen and oxygen atoms in total. The maximum atomic E-state index is 11.5. The molecule has 1 aliphatic rings. The van der Waals surface area contributed by atoms with Gasteiger partial charge in [-0.25, -0.2) is 0 Å². The summed E-state index contributed by atoms with van der Waals surface area (Å²) in [6.07, 6.45) is 8.49. The number of benzene rings is 1. The molecule has 1 aromatic rings. The predicted molar refractivity (Wildman–Crippen MR) is 87.2 cm³/mol. The lowest BCUT2D eigenvalue weighted by Gasteiger charge is -2.36. The number of primary amides is 1. The molecule has 1 fully saturated rings. The Morgan fingerprint density at radius 1 is 1.35 bits per heavy atom. The van der Waals surface area contributed by atoms with Crippen LogP contribution in [0, 0.1) is 0 Å². The van der Waals surface area contributed by atoms with E-state index in [0.717, 1.165) is 12.2 Å². The van der Waals surface area contributed by atoms with Gasteiger partial charge in [0.25, 0.3) is 5.91 Å². The van der Waals surface area contributed by atoms with Crippen LogP contribution in [0.2, 0.25) is 0 Å². The van der Waals surface area contributed by atoms with Crippen molar-refractivity contribution in [1.29, 1.82) is 0 Å². The highest BCUT2D eigenvalue weighted by atomic mass is 32.2. The first-order valence-corrected chi connectivity index (χ1v) is 8.27. The fourth-order valence-electron chi connectivity index (χ4n) is 2.83. The van der Waals surface area contributed by atoms with E-state index >= 15 is 0 Å². The molecule has 0 spiro atoms. The molecule has 0 bridgehead atoms. The zero-order valence-electron chi connectivity index (χ0n) is 11.9. The van der Waals surface area contributed by atoms with Gasteiger partial charge in [0.05, 0.1) is 5.56 Å². The highest BCUT2D eigenvalue weighted by molar-refractivity contribution is 8.00. The van der Waals surface area contributed by atoms with E-state index in [9.17, 15) is 4.79 Å². The van der Waals surface area contributed by atoms with Crippen molar-refractivity contribution >= 4 is 29.0 Å². The van der Waals surface area contributed by atoms with Crippen molar-refractivity contribution < 1.29 is 4.79 Å². The second kappa shape index (κ2) is 6.39. The van der Waals surface area contributed by atoms with E-state index in [1.54, 1.807) is 18.2 Å². The number of carbonyl (C=O) groups is 1. The van der Waals surface area contributed by atoms with E-state index in [1.165, 1.54) is 32.1 Å². The minimum Gasteiger partial charge on any atom is -0.399 e. The van der Waals surface area contributed by atoms with Crippen LogP contribution < -0.4 is 16.8 Å². The minimum atomic E-state index is -0.422. The number of nitrogens with two attached hydrogens (primary N) is 2. The number of anilines is 2. The number of nitrogens with one attached hydrogen (secondary N) is 1. The summed E-state index contributed by atoms with van der Waals surface area (Å²) in [6, 6.07) is 5.18. The zero-order valence-corrected chi connectivity index (χ0v) is 12.8. The molecule has 1 saturated carbocycles. The number of amides is 1. The Balaban J connectivity index is 2.13. The van der Waals surface area contributed by atoms with Crippen LogP contribution in [0.1, 0.15) is 42.5 Å². The van der Waals surface area contributed by atoms with Gasteiger partial charge >= 0.3 is 0 Å². The Labute approximate surface area is 124 Å². The molecule has 110 valence electrons. The maximum absolute atomic E-state index is 11.5. The Kier molecular flexibility index (Phi) is 4.81. The summed E-state index contributed by atoms with van der Waals surface area (Å²) in [5, 5.41) is 3.40. The molecule has 5 heteroatoms. The van der Waals surface area contributed by atoms with Crippen LogP contribution in [0.4, 0.5) is 11.4 Å². The molecule has 20 heavy (non-hydrogen) atoms. The summed E-state index contributed by atoms with van der Waals surface area (Å²) < 4.78 is 0.262. The van der Waals surface area contributed by atoms with Crippen molar-refractivity contribution in [3.05, 3.63) is 23.8 Å². The van der Waals surface area contributed by atoms with E-state index in [-0.39, 0.29) is 4.75 Å². The quantitative estimate of drug-likeness (QED) is 0.729. The van der Waals surface area contributed by atoms with E-state index in [2.05, 4.69) is 11.6 Å². The molecule has 1 aliphatic carbocycles. The molecular formula is C15H23N3OS. The minimum absolute atomic E-state index is 0.262. The van der Waals surface area contributed by atoms with E-state index in [1.807, 2.05) is 11.8 Å². The third-order valence-electron chi connectivity index (χ3n) is 4.11. The normalized spacial score (nSPS) is 17.6. The molecule has 0 radical (unpaired) electrons. The SMILES string of the molecule is CSC1(CNc2cc(N)ccc2C(N)=O)CCCCC1. The first-order chi connectivity index (χ1) is 9.56. The third kappa shape index (κ3) is 3.39. The molecule has 1 aromatic carbocycles. The summed E-state index contributed by atoms with van der Waals surface area (Å²) in [5.74, 6) is -0.422. The molecule has 0 aliphatic heterocycles. The highest BCUT2D eigenvalue weighted by Gasteiger charge is 2.31. The summed E-state index contributed by atoms with van der Waals surface area (Å²) in [5.41, 5.74) is 13.1. The molecule has 1 amide bonds. The van der Waals surface area contributed by atoms with Gasteiger partial charge in [0.15, 0.2) is 0 Å². The lowest BCUT2D eigenvalue weighted by Crippen LogP contribution is -2.36. The largest absolute Gasteiger partial charge is 0.399 e. The second-order valence-electron chi connectivity index (χ2n) is 5.47. The van der Waals surface area contributed by atoms with Gasteiger partial charge in [-0.2, -0.15) is 11.8 Å². The standard InChI is InChI=1S/C15H23N3OS/c1-20-15(7-3-2-4-8-15)10-18-13-9-11(16)5-6-12(13)14(17)19/h5-6,9,18H,2-4,7-8,10,16H2,1H3,(H2,17,19). The van der Waals surface area contributed by atoms with Gasteiger partial charge < -0.3 is 16.8 Å². The lowest BCUT2D eigenvalue weighted by molar-refractivity contribution is 0.100. The first-order valence-electron chi connectivity index (χ1n) is 7.05. The Morgan fingerprint density at radius 3 is 2.65 bits per heavy atom. The van der Waals surface area contributed by atoms with Crippen molar-refractivity contribution in [2.24, 2.45) is 5.73 Å². The van der Waals surface area contributed by atoms with Crippen molar-refractivity contribution in [3.63, 3.8) is 0 Å². The van der Waals surface area contributed by atoms with Crippen molar-refractivity contribution in [3.8, 4) is 0 Å². The second-order valence-corrected chi connectivity index (χ2v) is 6.74. The molecular weight excluding hydrogens is 270 g/mol. The summed E-state index contributed by atoms with van der Waals surface area (Å²) >= 11 is 1.92. The van der Waals surface area contributed by atoms with Gasteiger partial charge in [-0.1, -0.05) is 19.3 Å². The smallest absolute Gasteiger partial charge is 0.250 e. The Bertz CT molecular complexity index is 484. The highest BCUT2D eigenvalue weighted by Crippen LogP contribution is 2.38. The van der Waals surface area contributed by atoms with Crippen LogP contribution in [0.5, 0.6) is 0 Å². The van der Waals surface area contributed by atoms with Crippen LogP contribution in [-0.2, 0) is 0 Å². The average Bonchev–Trinajstić information content (AvgIpc) is 2.46. The van der Waals surface area contributed by atoms with Crippen molar-refractivity contribution in [2.75, 3.05) is 23.9 Å². The fourth-order valence-corrected chi connectivity index (χ4v) is 3.74. The van der Waals surface area contributed by atoms with Gasteiger partial charge in [-0.15, -0.1) is 0 Å². The molecule has 2 rings (SSSR count). The molecule has 5 N–H and O–H groups in total. The van der Waals surface area contributed by atoms with Crippen LogP contribution in [0.25, 0.3) is 0 Å². The summed E-state index contributed by atoms with van der Waals surface area (Å²) in [6.45, 7) is 0.845. The van der Waals surface area contributed by atoms with Crippen LogP contribution in [0.3, 0.4) is 0 Å². The lowest BCUT2D eigenvalue weighted by atomic mass is 9.88. The zero-order chi connectivity index (χ0) is 14.6. The van der Waals surface area contributed by atoms with Gasteiger partial charge in [0.1, 0.15) is 0 Å². The third-order valence-corrected chi connectivity index (χ3v) is 5.53. The van der Waals surface area contributed by atoms with Gasteiger partial charge in [-0.05, 0) is 37.3 Å². The number of hydrogen-bond acceptors (Lipinski definition) is 4. The number of carbonyl (C=O) groups excluding carboxylic acids is 1. The fraction of sp³-hybridized carbons (Fsp3) is 0.533. The van der Waals surface area contributed by atoms with E-state index < -0.39 is 5.91 Å². The number of hydrogen-bond donors (Lipinski definition) is 3. The monoisotopic (exact) mass is 293 g/mol. The first kappa shape index (κ1) is 15.0. The van der Waals surface area contributed by atoms with Crippen LogP contribution >= 0.6 is 11.8 Å².